The van der Waals surface area contributed by atoms with Crippen LogP contribution < -0.4 is 5.73 Å². The molecule has 3 rings (SSSR count). The van der Waals surface area contributed by atoms with E-state index in [2.05, 4.69) is 24.3 Å². The predicted molar refractivity (Wildman–Crippen MR) is 94.0 cm³/mol. The molecule has 0 heterocycles. The summed E-state index contributed by atoms with van der Waals surface area (Å²) in [6.07, 6.45) is 4.22. The smallest absolute Gasteiger partial charge is 0.0760 e. The second kappa shape index (κ2) is 7.77. The molecular formula is C19H24ClNO. The molecule has 2 nitrogen and oxygen atoms in total. The van der Waals surface area contributed by atoms with Crippen LogP contribution in [0.25, 0.3) is 11.1 Å². The highest BCUT2D eigenvalue weighted by Crippen LogP contribution is 2.33. The van der Waals surface area contributed by atoms with Gasteiger partial charge in [-0.3, -0.25) is 0 Å². The molecular weight excluding hydrogens is 294 g/mol. The molecule has 22 heavy (non-hydrogen) atoms. The Morgan fingerprint density at radius 3 is 2.23 bits per heavy atom. The van der Waals surface area contributed by atoms with E-state index in [-0.39, 0.29) is 18.4 Å². The van der Waals surface area contributed by atoms with E-state index in [9.17, 15) is 5.11 Å². The number of aliphatic hydroxyl groups excluding tert-OH is 1. The number of aliphatic hydroxyl groups is 1. The highest BCUT2D eigenvalue weighted by Gasteiger charge is 2.28. The maximum absolute atomic E-state index is 10.5. The lowest BCUT2D eigenvalue weighted by molar-refractivity contribution is 0.0845. The molecule has 1 fully saturated rings. The largest absolute Gasteiger partial charge is 0.391 e. The first-order valence-corrected chi connectivity index (χ1v) is 7.85. The van der Waals surface area contributed by atoms with Crippen LogP contribution in [0.15, 0.2) is 54.6 Å². The summed E-state index contributed by atoms with van der Waals surface area (Å²) in [5.41, 5.74) is 9.68. The van der Waals surface area contributed by atoms with Gasteiger partial charge in [0.1, 0.15) is 0 Å². The van der Waals surface area contributed by atoms with Crippen molar-refractivity contribution in [3.05, 3.63) is 60.2 Å². The zero-order valence-electron chi connectivity index (χ0n) is 12.7. The quantitative estimate of drug-likeness (QED) is 0.881. The SMILES string of the molecule is Cl.N[C@H](c1cccc(-c2ccccc2)c1)[C@@H](O)C1CCCC1. The first-order valence-electron chi connectivity index (χ1n) is 7.85. The third-order valence-corrected chi connectivity index (χ3v) is 4.63. The number of nitrogens with two attached hydrogens (primary N) is 1. The van der Waals surface area contributed by atoms with Crippen LogP contribution in [0.3, 0.4) is 0 Å². The van der Waals surface area contributed by atoms with E-state index in [1.54, 1.807) is 0 Å². The van der Waals surface area contributed by atoms with Gasteiger partial charge in [0.25, 0.3) is 0 Å². The van der Waals surface area contributed by atoms with E-state index < -0.39 is 6.10 Å². The van der Waals surface area contributed by atoms with Gasteiger partial charge in [-0.1, -0.05) is 61.4 Å². The standard InChI is InChI=1S/C19H23NO.ClH/c20-18(19(21)15-9-4-5-10-15)17-12-6-11-16(13-17)14-7-2-1-3-8-14;/h1-3,6-8,11-13,15,18-19,21H,4-5,9-10,20H2;1H/t18-,19+;/m1./s1. The Balaban J connectivity index is 0.00000176. The van der Waals surface area contributed by atoms with Gasteiger partial charge in [-0.05, 0) is 41.5 Å². The summed E-state index contributed by atoms with van der Waals surface area (Å²) in [4.78, 5) is 0. The van der Waals surface area contributed by atoms with Crippen molar-refractivity contribution < 1.29 is 5.11 Å². The van der Waals surface area contributed by atoms with Crippen LogP contribution in [0, 0.1) is 5.92 Å². The monoisotopic (exact) mass is 317 g/mol. The molecule has 0 spiro atoms. The average Bonchev–Trinajstić information content (AvgIpc) is 3.09. The fourth-order valence-corrected chi connectivity index (χ4v) is 3.35. The van der Waals surface area contributed by atoms with Gasteiger partial charge in [0.15, 0.2) is 0 Å². The number of halogens is 1. The van der Waals surface area contributed by atoms with Crippen LogP contribution in [0.4, 0.5) is 0 Å². The van der Waals surface area contributed by atoms with Gasteiger partial charge in [-0.2, -0.15) is 0 Å². The molecule has 3 heteroatoms. The molecule has 2 atom stereocenters. The number of hydrogen-bond acceptors (Lipinski definition) is 2. The number of hydrogen-bond donors (Lipinski definition) is 2. The maximum atomic E-state index is 10.5. The van der Waals surface area contributed by atoms with Crippen LogP contribution in [0.5, 0.6) is 0 Å². The minimum atomic E-state index is -0.432. The average molecular weight is 318 g/mol. The van der Waals surface area contributed by atoms with Crippen LogP contribution in [0.2, 0.25) is 0 Å². The second-order valence-electron chi connectivity index (χ2n) is 6.05. The Morgan fingerprint density at radius 1 is 0.909 bits per heavy atom. The Hall–Kier alpha value is -1.35. The summed E-state index contributed by atoms with van der Waals surface area (Å²) < 4.78 is 0. The van der Waals surface area contributed by atoms with E-state index in [0.717, 1.165) is 24.0 Å². The summed E-state index contributed by atoms with van der Waals surface area (Å²) in [6.45, 7) is 0. The Morgan fingerprint density at radius 2 is 1.55 bits per heavy atom. The lowest BCUT2D eigenvalue weighted by Gasteiger charge is -2.25. The van der Waals surface area contributed by atoms with E-state index in [4.69, 9.17) is 5.73 Å². The van der Waals surface area contributed by atoms with Crippen molar-refractivity contribution >= 4 is 12.4 Å². The maximum Gasteiger partial charge on any atom is 0.0760 e. The predicted octanol–water partition coefficient (Wildman–Crippen LogP) is 4.33. The Bertz CT molecular complexity index is 581. The molecule has 0 aliphatic heterocycles. The zero-order valence-corrected chi connectivity index (χ0v) is 13.5. The Kier molecular flexibility index (Phi) is 6.01. The second-order valence-corrected chi connectivity index (χ2v) is 6.05. The Labute approximate surface area is 138 Å². The summed E-state index contributed by atoms with van der Waals surface area (Å²) in [5, 5.41) is 10.5. The highest BCUT2D eigenvalue weighted by atomic mass is 35.5. The molecule has 3 N–H and O–H groups in total. The van der Waals surface area contributed by atoms with Crippen molar-refractivity contribution in [2.75, 3.05) is 0 Å². The molecule has 2 aromatic rings. The fraction of sp³-hybridized carbons (Fsp3) is 0.368. The van der Waals surface area contributed by atoms with Crippen LogP contribution in [-0.2, 0) is 0 Å². The van der Waals surface area contributed by atoms with Crippen molar-refractivity contribution in [3.63, 3.8) is 0 Å². The van der Waals surface area contributed by atoms with E-state index in [1.807, 2.05) is 30.3 Å². The fourth-order valence-electron chi connectivity index (χ4n) is 3.35. The van der Waals surface area contributed by atoms with Gasteiger partial charge in [0.05, 0.1) is 12.1 Å². The van der Waals surface area contributed by atoms with Crippen LogP contribution >= 0.6 is 12.4 Å². The highest BCUT2D eigenvalue weighted by molar-refractivity contribution is 5.85. The third-order valence-electron chi connectivity index (χ3n) is 4.63. The third kappa shape index (κ3) is 3.70. The molecule has 0 bridgehead atoms. The topological polar surface area (TPSA) is 46.2 Å². The summed E-state index contributed by atoms with van der Waals surface area (Å²) in [7, 11) is 0. The molecule has 0 saturated heterocycles. The molecule has 0 unspecified atom stereocenters. The molecule has 2 aromatic carbocycles. The van der Waals surface area contributed by atoms with Gasteiger partial charge >= 0.3 is 0 Å². The van der Waals surface area contributed by atoms with Crippen molar-refractivity contribution in [1.82, 2.24) is 0 Å². The van der Waals surface area contributed by atoms with Crippen LogP contribution in [0.1, 0.15) is 37.3 Å². The number of rotatable bonds is 4. The summed E-state index contributed by atoms with van der Waals surface area (Å²) in [5.74, 6) is 0.361. The van der Waals surface area contributed by atoms with E-state index in [1.165, 1.54) is 18.4 Å². The molecule has 1 aliphatic rings. The molecule has 1 saturated carbocycles. The molecule has 0 radical (unpaired) electrons. The minimum Gasteiger partial charge on any atom is -0.391 e. The zero-order chi connectivity index (χ0) is 14.7. The van der Waals surface area contributed by atoms with E-state index >= 15 is 0 Å². The van der Waals surface area contributed by atoms with E-state index in [0.29, 0.717) is 5.92 Å². The molecule has 118 valence electrons. The van der Waals surface area contributed by atoms with Gasteiger partial charge < -0.3 is 10.8 Å². The molecule has 0 amide bonds. The molecule has 0 aromatic heterocycles. The lowest BCUT2D eigenvalue weighted by atomic mass is 9.89. The number of benzene rings is 2. The van der Waals surface area contributed by atoms with Crippen molar-refractivity contribution in [1.29, 1.82) is 0 Å². The first kappa shape index (κ1) is 17.0. The van der Waals surface area contributed by atoms with Gasteiger partial charge in [0, 0.05) is 0 Å². The van der Waals surface area contributed by atoms with Crippen LogP contribution in [-0.4, -0.2) is 11.2 Å². The lowest BCUT2D eigenvalue weighted by Crippen LogP contribution is -2.31. The summed E-state index contributed by atoms with van der Waals surface area (Å²) in [6, 6.07) is 18.2. The van der Waals surface area contributed by atoms with Gasteiger partial charge in [0.2, 0.25) is 0 Å². The normalized spacial score (nSPS) is 17.7. The van der Waals surface area contributed by atoms with Crippen molar-refractivity contribution in [3.8, 4) is 11.1 Å². The van der Waals surface area contributed by atoms with Gasteiger partial charge in [-0.25, -0.2) is 0 Å². The van der Waals surface area contributed by atoms with Gasteiger partial charge in [-0.15, -0.1) is 12.4 Å². The molecule has 1 aliphatic carbocycles. The minimum absolute atomic E-state index is 0. The summed E-state index contributed by atoms with van der Waals surface area (Å²) >= 11 is 0. The first-order chi connectivity index (χ1) is 10.3. The van der Waals surface area contributed by atoms with Crippen molar-refractivity contribution in [2.24, 2.45) is 11.7 Å². The van der Waals surface area contributed by atoms with Crippen molar-refractivity contribution in [2.45, 2.75) is 37.8 Å².